The summed E-state index contributed by atoms with van der Waals surface area (Å²) >= 11 is 0. The molecule has 0 unspecified atom stereocenters. The van der Waals surface area contributed by atoms with E-state index in [0.717, 1.165) is 18.2 Å². The van der Waals surface area contributed by atoms with Gasteiger partial charge in [0.2, 0.25) is 5.92 Å². The highest BCUT2D eigenvalue weighted by molar-refractivity contribution is 6.06. The highest BCUT2D eigenvalue weighted by Gasteiger charge is 2.37. The fourth-order valence-electron chi connectivity index (χ4n) is 4.29. The first-order chi connectivity index (χ1) is 17.7. The van der Waals surface area contributed by atoms with Crippen LogP contribution in [0.25, 0.3) is 11.1 Å². The average Bonchev–Trinajstić information content (AvgIpc) is 2.86. The zero-order valence-corrected chi connectivity index (χ0v) is 20.3. The molecule has 7 nitrogen and oxygen atoms in total. The van der Waals surface area contributed by atoms with Crippen molar-refractivity contribution in [1.29, 1.82) is 0 Å². The van der Waals surface area contributed by atoms with Crippen molar-refractivity contribution in [3.05, 3.63) is 65.7 Å². The zero-order valence-electron chi connectivity index (χ0n) is 20.3. The molecule has 3 aromatic rings. The molecule has 1 aliphatic rings. The lowest BCUT2D eigenvalue weighted by Crippen LogP contribution is -2.25. The van der Waals surface area contributed by atoms with Crippen LogP contribution >= 0.6 is 0 Å². The highest BCUT2D eigenvalue weighted by atomic mass is 19.3. The number of anilines is 1. The topological polar surface area (TPSA) is 86.2 Å². The number of methoxy groups -OCH3 is 1. The maximum Gasteiger partial charge on any atom is 0.316 e. The third-order valence-corrected chi connectivity index (χ3v) is 6.14. The smallest absolute Gasteiger partial charge is 0.316 e. The van der Waals surface area contributed by atoms with Gasteiger partial charge in [-0.25, -0.2) is 27.5 Å². The van der Waals surface area contributed by atoms with Gasteiger partial charge in [0.1, 0.15) is 17.7 Å². The SMILES string of the molecule is COC[C@H](C)Oc1ncc(C(=O)Nc2c(-c3cc(F)ccc3F)ccnc2C2CCC(F)(F)CC2)cn1. The van der Waals surface area contributed by atoms with E-state index in [0.29, 0.717) is 12.3 Å². The first-order valence-corrected chi connectivity index (χ1v) is 11.8. The highest BCUT2D eigenvalue weighted by Crippen LogP contribution is 2.44. The minimum atomic E-state index is -2.77. The van der Waals surface area contributed by atoms with Crippen LogP contribution in [0.5, 0.6) is 6.01 Å². The molecule has 0 saturated heterocycles. The molecule has 1 N–H and O–H groups in total. The standard InChI is InChI=1S/C26H26F4N4O3/c1-15(14-36-2)37-25-32-12-17(13-33-25)24(35)34-23-19(20-11-18(27)3-4-21(20)28)7-10-31-22(23)16-5-8-26(29,30)9-6-16/h3-4,7,10-13,15-16H,5-6,8-9,14H2,1-2H3,(H,34,35)/t15-/m0/s1. The first kappa shape index (κ1) is 26.5. The summed E-state index contributed by atoms with van der Waals surface area (Å²) in [6.07, 6.45) is 3.21. The summed E-state index contributed by atoms with van der Waals surface area (Å²) in [5, 5.41) is 2.72. The van der Waals surface area contributed by atoms with Gasteiger partial charge in [0, 0.05) is 55.6 Å². The average molecular weight is 519 g/mol. The number of amides is 1. The monoisotopic (exact) mass is 518 g/mol. The predicted molar refractivity (Wildman–Crippen MR) is 128 cm³/mol. The third kappa shape index (κ3) is 6.40. The molecule has 1 aromatic carbocycles. The third-order valence-electron chi connectivity index (χ3n) is 6.14. The number of nitrogens with zero attached hydrogens (tertiary/aromatic N) is 3. The summed E-state index contributed by atoms with van der Waals surface area (Å²) in [4.78, 5) is 25.6. The number of carbonyl (C=O) groups is 1. The molecule has 0 spiro atoms. The van der Waals surface area contributed by atoms with Crippen LogP contribution in [0.4, 0.5) is 23.2 Å². The van der Waals surface area contributed by atoms with Gasteiger partial charge in [-0.15, -0.1) is 0 Å². The van der Waals surface area contributed by atoms with E-state index < -0.39 is 29.4 Å². The lowest BCUT2D eigenvalue weighted by molar-refractivity contribution is -0.0384. The van der Waals surface area contributed by atoms with Gasteiger partial charge in [-0.1, -0.05) is 0 Å². The number of ether oxygens (including phenoxy) is 2. The number of rotatable bonds is 8. The lowest BCUT2D eigenvalue weighted by atomic mass is 9.83. The Bertz CT molecular complexity index is 1250. The number of nitrogens with one attached hydrogen (secondary N) is 1. The van der Waals surface area contributed by atoms with E-state index in [4.69, 9.17) is 9.47 Å². The molecule has 0 aliphatic heterocycles. The normalized spacial score (nSPS) is 16.3. The van der Waals surface area contributed by atoms with Crippen LogP contribution in [0, 0.1) is 11.6 Å². The predicted octanol–water partition coefficient (Wildman–Crippen LogP) is 5.78. The Hall–Kier alpha value is -3.60. The van der Waals surface area contributed by atoms with Crippen LogP contribution in [0.1, 0.15) is 54.6 Å². The second-order valence-electron chi connectivity index (χ2n) is 8.97. The molecule has 2 heterocycles. The van der Waals surface area contributed by atoms with E-state index in [1.807, 2.05) is 0 Å². The second-order valence-corrected chi connectivity index (χ2v) is 8.97. The Morgan fingerprint density at radius 3 is 2.49 bits per heavy atom. The van der Waals surface area contributed by atoms with Gasteiger partial charge in [0.15, 0.2) is 0 Å². The van der Waals surface area contributed by atoms with Crippen molar-refractivity contribution in [1.82, 2.24) is 15.0 Å². The zero-order chi connectivity index (χ0) is 26.6. The van der Waals surface area contributed by atoms with Gasteiger partial charge >= 0.3 is 6.01 Å². The Morgan fingerprint density at radius 2 is 1.81 bits per heavy atom. The van der Waals surface area contributed by atoms with Crippen LogP contribution in [-0.2, 0) is 4.74 Å². The van der Waals surface area contributed by atoms with E-state index in [1.165, 1.54) is 31.8 Å². The van der Waals surface area contributed by atoms with Crippen LogP contribution in [0.3, 0.4) is 0 Å². The summed E-state index contributed by atoms with van der Waals surface area (Å²) in [5.41, 5.74) is 0.622. The molecule has 37 heavy (non-hydrogen) atoms. The summed E-state index contributed by atoms with van der Waals surface area (Å²) in [6.45, 7) is 2.09. The van der Waals surface area contributed by atoms with Gasteiger partial charge in [-0.3, -0.25) is 9.78 Å². The Balaban J connectivity index is 1.67. The number of aromatic nitrogens is 3. The largest absolute Gasteiger partial charge is 0.458 e. The van der Waals surface area contributed by atoms with Gasteiger partial charge in [0.05, 0.1) is 23.6 Å². The van der Waals surface area contributed by atoms with Crippen molar-refractivity contribution >= 4 is 11.6 Å². The van der Waals surface area contributed by atoms with E-state index in [-0.39, 0.29) is 60.2 Å². The number of benzene rings is 1. The minimum absolute atomic E-state index is 0.0498. The summed E-state index contributed by atoms with van der Waals surface area (Å²) in [6, 6.07) is 4.47. The Morgan fingerprint density at radius 1 is 1.11 bits per heavy atom. The molecule has 196 valence electrons. The van der Waals surface area contributed by atoms with Crippen molar-refractivity contribution in [2.24, 2.45) is 0 Å². The van der Waals surface area contributed by atoms with Gasteiger partial charge in [-0.2, -0.15) is 0 Å². The van der Waals surface area contributed by atoms with E-state index in [9.17, 15) is 22.4 Å². The number of alkyl halides is 2. The van der Waals surface area contributed by atoms with Crippen LogP contribution in [-0.4, -0.2) is 46.6 Å². The minimum Gasteiger partial charge on any atom is -0.458 e. The number of hydrogen-bond acceptors (Lipinski definition) is 6. The van der Waals surface area contributed by atoms with Gasteiger partial charge in [-0.05, 0) is 44.0 Å². The molecule has 1 saturated carbocycles. The molecule has 0 radical (unpaired) electrons. The lowest BCUT2D eigenvalue weighted by Gasteiger charge is -2.29. The van der Waals surface area contributed by atoms with Gasteiger partial charge in [0.25, 0.3) is 5.91 Å². The molecule has 1 fully saturated rings. The van der Waals surface area contributed by atoms with Crippen molar-refractivity contribution in [2.75, 3.05) is 19.0 Å². The van der Waals surface area contributed by atoms with Crippen molar-refractivity contribution in [3.63, 3.8) is 0 Å². The molecular formula is C26H26F4N4O3. The number of carbonyl (C=O) groups excluding carboxylic acids is 1. The van der Waals surface area contributed by atoms with E-state index in [1.54, 1.807) is 6.92 Å². The van der Waals surface area contributed by atoms with Gasteiger partial charge < -0.3 is 14.8 Å². The molecule has 1 aliphatic carbocycles. The maximum absolute atomic E-state index is 14.7. The molecule has 0 bridgehead atoms. The number of pyridine rings is 1. The molecule has 1 amide bonds. The molecule has 4 rings (SSSR count). The summed E-state index contributed by atoms with van der Waals surface area (Å²) in [5.74, 6) is -5.19. The van der Waals surface area contributed by atoms with E-state index >= 15 is 0 Å². The fraction of sp³-hybridized carbons (Fsp3) is 0.385. The number of halogens is 4. The summed E-state index contributed by atoms with van der Waals surface area (Å²) < 4.78 is 66.9. The Labute approximate surface area is 211 Å². The second kappa shape index (κ2) is 11.2. The molecule has 11 heteroatoms. The van der Waals surface area contributed by atoms with Crippen molar-refractivity contribution in [3.8, 4) is 17.1 Å². The Kier molecular flexibility index (Phi) is 8.01. The first-order valence-electron chi connectivity index (χ1n) is 11.8. The quantitative estimate of drug-likeness (QED) is 0.381. The maximum atomic E-state index is 14.7. The van der Waals surface area contributed by atoms with Crippen LogP contribution in [0.2, 0.25) is 0 Å². The molecule has 1 atom stereocenters. The van der Waals surface area contributed by atoms with Crippen molar-refractivity contribution < 1.29 is 31.8 Å². The van der Waals surface area contributed by atoms with E-state index in [2.05, 4.69) is 20.3 Å². The van der Waals surface area contributed by atoms with Crippen LogP contribution < -0.4 is 10.1 Å². The molecular weight excluding hydrogens is 492 g/mol. The summed E-state index contributed by atoms with van der Waals surface area (Å²) in [7, 11) is 1.53. The van der Waals surface area contributed by atoms with Crippen molar-refractivity contribution in [2.45, 2.75) is 50.6 Å². The molecule has 2 aromatic heterocycles. The number of hydrogen-bond donors (Lipinski definition) is 1. The van der Waals surface area contributed by atoms with Crippen LogP contribution in [0.15, 0.2) is 42.9 Å². The fourth-order valence-corrected chi connectivity index (χ4v) is 4.29.